The maximum Gasteiger partial charge on any atom is 0.407 e. The van der Waals surface area contributed by atoms with Gasteiger partial charge in [0.1, 0.15) is 29.8 Å². The molecule has 296 valence electrons. The number of imidazole rings is 1. The lowest BCUT2D eigenvalue weighted by atomic mass is 10.00. The highest BCUT2D eigenvalue weighted by molar-refractivity contribution is 6.04. The maximum absolute atomic E-state index is 13.6. The summed E-state index contributed by atoms with van der Waals surface area (Å²) in [5, 5.41) is 9.89. The van der Waals surface area contributed by atoms with E-state index in [2.05, 4.69) is 30.9 Å². The third-order valence-electron chi connectivity index (χ3n) is 10.6. The molecule has 2 aliphatic heterocycles. The summed E-state index contributed by atoms with van der Waals surface area (Å²) in [5.41, 5.74) is 3.73. The van der Waals surface area contributed by atoms with Crippen molar-refractivity contribution in [1.29, 1.82) is 0 Å². The van der Waals surface area contributed by atoms with E-state index in [4.69, 9.17) is 9.47 Å². The lowest BCUT2D eigenvalue weighted by Crippen LogP contribution is -2.54. The average Bonchev–Trinajstić information content (AvgIpc) is 4.00. The van der Waals surface area contributed by atoms with Crippen LogP contribution in [0.3, 0.4) is 0 Å². The summed E-state index contributed by atoms with van der Waals surface area (Å²) in [7, 11) is 2.52. The zero-order valence-electron chi connectivity index (χ0n) is 32.6. The minimum atomic E-state index is -0.821. The summed E-state index contributed by atoms with van der Waals surface area (Å²) in [4.78, 5) is 80.4. The number of nitrogens with zero attached hydrogens (tertiary/aromatic N) is 4. The second-order valence-electron chi connectivity index (χ2n) is 14.9. The summed E-state index contributed by atoms with van der Waals surface area (Å²) < 4.78 is 9.46. The number of benzene rings is 2. The lowest BCUT2D eigenvalue weighted by molar-refractivity contribution is -0.139. The first-order valence-electron chi connectivity index (χ1n) is 19.0. The van der Waals surface area contributed by atoms with Gasteiger partial charge in [0.15, 0.2) is 0 Å². The topological polar surface area (TPSA) is 188 Å². The van der Waals surface area contributed by atoms with Crippen molar-refractivity contribution in [1.82, 2.24) is 35.4 Å². The number of aromatic nitrogens is 3. The van der Waals surface area contributed by atoms with Crippen molar-refractivity contribution in [3.63, 3.8) is 0 Å². The molecule has 56 heavy (non-hydrogen) atoms. The Bertz CT molecular complexity index is 2080. The second-order valence-corrected chi connectivity index (χ2v) is 14.9. The van der Waals surface area contributed by atoms with E-state index in [0.717, 1.165) is 46.0 Å². The monoisotopic (exact) mass is 766 g/mol. The first kappa shape index (κ1) is 39.7. The SMILES string of the molecule is COC(=O)NC(C(=O)N1CCC[C@H]1c1ncc(-c2ccc(-c3ccc4c(NC(=O)[C@@H]5CCCN5C(=O)[C@@H](NC(=O)OC)C(C)C)nccc4c3)cc2)[nH]1)C(C)C. The Morgan fingerprint density at radius 1 is 0.750 bits per heavy atom. The number of carbonyl (C=O) groups excluding carboxylic acids is 5. The molecule has 4 atom stereocenters. The van der Waals surface area contributed by atoms with Crippen LogP contribution < -0.4 is 16.0 Å². The van der Waals surface area contributed by atoms with Crippen molar-refractivity contribution < 1.29 is 33.4 Å². The number of nitrogens with one attached hydrogen (secondary N) is 4. The van der Waals surface area contributed by atoms with Crippen molar-refractivity contribution in [2.45, 2.75) is 77.5 Å². The van der Waals surface area contributed by atoms with E-state index in [0.29, 0.717) is 37.6 Å². The fourth-order valence-electron chi connectivity index (χ4n) is 7.53. The van der Waals surface area contributed by atoms with Gasteiger partial charge in [0.05, 0.1) is 32.2 Å². The molecule has 4 heterocycles. The van der Waals surface area contributed by atoms with E-state index >= 15 is 0 Å². The average molecular weight is 767 g/mol. The number of pyridine rings is 1. The third kappa shape index (κ3) is 8.46. The lowest BCUT2D eigenvalue weighted by Gasteiger charge is -2.30. The van der Waals surface area contributed by atoms with Crippen LogP contribution in [0.25, 0.3) is 33.2 Å². The molecule has 4 N–H and O–H groups in total. The number of H-pyrrole nitrogens is 1. The van der Waals surface area contributed by atoms with Crippen LogP contribution in [-0.2, 0) is 23.9 Å². The molecule has 15 heteroatoms. The van der Waals surface area contributed by atoms with Gasteiger partial charge in [-0.15, -0.1) is 0 Å². The number of rotatable bonds is 11. The van der Waals surface area contributed by atoms with Gasteiger partial charge in [-0.05, 0) is 71.7 Å². The van der Waals surface area contributed by atoms with E-state index in [1.807, 2.05) is 76.2 Å². The van der Waals surface area contributed by atoms with Crippen LogP contribution in [0.4, 0.5) is 15.4 Å². The Labute approximate surface area is 325 Å². The molecule has 1 unspecified atom stereocenters. The smallest absolute Gasteiger partial charge is 0.407 e. The fraction of sp³-hybridized carbons (Fsp3) is 0.439. The molecule has 6 rings (SSSR count). The maximum atomic E-state index is 13.6. The highest BCUT2D eigenvalue weighted by Crippen LogP contribution is 2.34. The van der Waals surface area contributed by atoms with Crippen LogP contribution in [-0.4, -0.2) is 100 Å². The van der Waals surface area contributed by atoms with Crippen molar-refractivity contribution in [3.05, 3.63) is 66.7 Å². The van der Waals surface area contributed by atoms with Gasteiger partial charge < -0.3 is 40.2 Å². The Morgan fingerprint density at radius 3 is 1.98 bits per heavy atom. The number of fused-ring (bicyclic) bond motifs is 1. The number of ether oxygens (including phenoxy) is 2. The minimum Gasteiger partial charge on any atom is -0.453 e. The van der Waals surface area contributed by atoms with Gasteiger partial charge in [-0.3, -0.25) is 14.4 Å². The van der Waals surface area contributed by atoms with Gasteiger partial charge in [-0.2, -0.15) is 0 Å². The van der Waals surface area contributed by atoms with Crippen molar-refractivity contribution in [2.24, 2.45) is 11.8 Å². The Kier molecular flexibility index (Phi) is 12.2. The van der Waals surface area contributed by atoms with Gasteiger partial charge in [0, 0.05) is 24.7 Å². The van der Waals surface area contributed by atoms with Crippen LogP contribution >= 0.6 is 0 Å². The first-order chi connectivity index (χ1) is 26.9. The minimum absolute atomic E-state index is 0.120. The number of alkyl carbamates (subject to hydrolysis) is 2. The molecule has 2 fully saturated rings. The first-order valence-corrected chi connectivity index (χ1v) is 19.0. The predicted octanol–water partition coefficient (Wildman–Crippen LogP) is 5.65. The Morgan fingerprint density at radius 2 is 1.34 bits per heavy atom. The molecule has 15 nitrogen and oxygen atoms in total. The van der Waals surface area contributed by atoms with E-state index in [-0.39, 0.29) is 35.6 Å². The predicted molar refractivity (Wildman–Crippen MR) is 210 cm³/mol. The molecule has 0 bridgehead atoms. The summed E-state index contributed by atoms with van der Waals surface area (Å²) in [6.07, 6.45) is 4.84. The van der Waals surface area contributed by atoms with Crippen molar-refractivity contribution in [2.75, 3.05) is 32.6 Å². The van der Waals surface area contributed by atoms with Crippen molar-refractivity contribution in [3.8, 4) is 22.4 Å². The quantitative estimate of drug-likeness (QED) is 0.150. The Hall–Kier alpha value is -5.99. The summed E-state index contributed by atoms with van der Waals surface area (Å²) in [6, 6.07) is 13.5. The Balaban J connectivity index is 1.14. The third-order valence-corrected chi connectivity index (χ3v) is 10.6. The van der Waals surface area contributed by atoms with E-state index in [1.54, 1.807) is 17.3 Å². The van der Waals surface area contributed by atoms with Crippen LogP contribution in [0, 0.1) is 11.8 Å². The standard InChI is InChI=1S/C41H50N8O7/c1-23(2)33(45-40(53)55-5)38(51)48-19-7-9-31(48)36-43-22-30(44-36)26-13-11-25(12-14-26)27-15-16-29-28(21-27)17-18-42-35(29)47-37(50)32-10-8-20-49(32)39(52)34(24(3)4)46-41(54)56-6/h11-18,21-24,31-34H,7-10,19-20H2,1-6H3,(H,43,44)(H,45,53)(H,46,54)(H,42,47,50)/t31-,32-,33?,34-/m0/s1. The van der Waals surface area contributed by atoms with Gasteiger partial charge in [0.2, 0.25) is 17.7 Å². The number of anilines is 1. The number of carbonyl (C=O) groups is 5. The molecule has 0 aliphatic carbocycles. The highest BCUT2D eigenvalue weighted by Gasteiger charge is 2.40. The molecule has 4 aromatic rings. The molecular weight excluding hydrogens is 716 g/mol. The van der Waals surface area contributed by atoms with E-state index < -0.39 is 30.3 Å². The van der Waals surface area contributed by atoms with Crippen LogP contribution in [0.5, 0.6) is 0 Å². The number of likely N-dealkylation sites (tertiary alicyclic amines) is 2. The van der Waals surface area contributed by atoms with Crippen LogP contribution in [0.1, 0.15) is 65.2 Å². The summed E-state index contributed by atoms with van der Waals surface area (Å²) in [6.45, 7) is 8.42. The largest absolute Gasteiger partial charge is 0.453 e. The van der Waals surface area contributed by atoms with Gasteiger partial charge >= 0.3 is 12.2 Å². The van der Waals surface area contributed by atoms with Gasteiger partial charge in [-0.1, -0.05) is 64.1 Å². The molecule has 2 aromatic carbocycles. The molecule has 2 aliphatic rings. The van der Waals surface area contributed by atoms with Crippen molar-refractivity contribution >= 4 is 46.5 Å². The molecule has 0 saturated carbocycles. The number of hydrogen-bond donors (Lipinski definition) is 4. The summed E-state index contributed by atoms with van der Waals surface area (Å²) in [5.74, 6) is -0.0387. The normalized spacial score (nSPS) is 17.9. The number of aromatic amines is 1. The molecular formula is C41H50N8O7. The molecule has 0 radical (unpaired) electrons. The number of hydrogen-bond acceptors (Lipinski definition) is 9. The van der Waals surface area contributed by atoms with E-state index in [9.17, 15) is 24.0 Å². The van der Waals surface area contributed by atoms with Crippen LogP contribution in [0.2, 0.25) is 0 Å². The molecule has 2 saturated heterocycles. The highest BCUT2D eigenvalue weighted by atomic mass is 16.5. The summed E-state index contributed by atoms with van der Waals surface area (Å²) >= 11 is 0. The zero-order chi connectivity index (χ0) is 40.1. The number of amides is 5. The second kappa shape index (κ2) is 17.2. The zero-order valence-corrected chi connectivity index (χ0v) is 32.6. The van der Waals surface area contributed by atoms with E-state index in [1.165, 1.54) is 19.1 Å². The molecule has 5 amide bonds. The fourth-order valence-corrected chi connectivity index (χ4v) is 7.53. The number of methoxy groups -OCH3 is 2. The molecule has 0 spiro atoms. The van der Waals surface area contributed by atoms with Crippen LogP contribution in [0.15, 0.2) is 60.9 Å². The molecule has 2 aromatic heterocycles. The van der Waals surface area contributed by atoms with Gasteiger partial charge in [0.25, 0.3) is 0 Å². The van der Waals surface area contributed by atoms with Gasteiger partial charge in [-0.25, -0.2) is 19.6 Å².